The lowest BCUT2D eigenvalue weighted by Gasteiger charge is -2.31. The first kappa shape index (κ1) is 25.6. The zero-order valence-electron chi connectivity index (χ0n) is 19.3. The summed E-state index contributed by atoms with van der Waals surface area (Å²) in [6.45, 7) is 5.75. The molecule has 0 saturated heterocycles. The molecule has 1 N–H and O–H groups in total. The summed E-state index contributed by atoms with van der Waals surface area (Å²) in [5.74, 6) is -0.950. The average molecular weight is 455 g/mol. The summed E-state index contributed by atoms with van der Waals surface area (Å²) in [7, 11) is 0. The first-order valence-electron chi connectivity index (χ1n) is 11.2. The molecule has 0 aromatic heterocycles. The molecule has 1 aromatic carbocycles. The van der Waals surface area contributed by atoms with E-state index in [1.165, 1.54) is 12.1 Å². The molecule has 2 rings (SSSR count). The first-order chi connectivity index (χ1) is 15.9. The lowest BCUT2D eigenvalue weighted by atomic mass is 9.84. The van der Waals surface area contributed by atoms with Gasteiger partial charge in [0.1, 0.15) is 6.61 Å². The molecule has 0 radical (unpaired) electrons. The predicted molar refractivity (Wildman–Crippen MR) is 123 cm³/mol. The van der Waals surface area contributed by atoms with E-state index in [1.807, 2.05) is 19.1 Å². The summed E-state index contributed by atoms with van der Waals surface area (Å²) in [6.07, 6.45) is 4.26. The van der Waals surface area contributed by atoms with Gasteiger partial charge in [-0.2, -0.15) is 5.26 Å². The smallest absolute Gasteiger partial charge is 0.416 e. The van der Waals surface area contributed by atoms with Crippen LogP contribution in [0, 0.1) is 21.4 Å². The maximum Gasteiger partial charge on any atom is 0.416 e. The lowest BCUT2D eigenvalue weighted by molar-refractivity contribution is -0.384. The number of nitro groups is 1. The molecule has 1 aliphatic rings. The van der Waals surface area contributed by atoms with Crippen molar-refractivity contribution in [3.63, 3.8) is 0 Å². The molecule has 0 aliphatic carbocycles. The molecular weight excluding hydrogens is 424 g/mol. The number of nitrogens with zero attached hydrogens (tertiary/aromatic N) is 3. The van der Waals surface area contributed by atoms with Gasteiger partial charge in [0, 0.05) is 41.6 Å². The summed E-state index contributed by atoms with van der Waals surface area (Å²) >= 11 is 0. The molecule has 176 valence electrons. The number of imide groups is 1. The van der Waals surface area contributed by atoms with Gasteiger partial charge in [-0.05, 0) is 25.3 Å². The van der Waals surface area contributed by atoms with Crippen LogP contribution in [0.15, 0.2) is 47.3 Å². The van der Waals surface area contributed by atoms with E-state index in [-0.39, 0.29) is 25.3 Å². The highest BCUT2D eigenvalue weighted by Crippen LogP contribution is 2.36. The minimum absolute atomic E-state index is 0.0349. The Kier molecular flexibility index (Phi) is 9.61. The van der Waals surface area contributed by atoms with Crippen molar-refractivity contribution < 1.29 is 19.2 Å². The van der Waals surface area contributed by atoms with E-state index in [2.05, 4.69) is 12.2 Å². The fraction of sp³-hybridized carbons (Fsp3) is 0.458. The van der Waals surface area contributed by atoms with Gasteiger partial charge in [-0.15, -0.1) is 0 Å². The third-order valence-electron chi connectivity index (χ3n) is 5.25. The molecule has 33 heavy (non-hydrogen) atoms. The number of carbonyl (C=O) groups excluding carboxylic acids is 2. The van der Waals surface area contributed by atoms with Gasteiger partial charge in [0.05, 0.1) is 17.4 Å². The van der Waals surface area contributed by atoms with E-state index in [0.717, 1.165) is 41.1 Å². The zero-order valence-corrected chi connectivity index (χ0v) is 19.3. The highest BCUT2D eigenvalue weighted by Gasteiger charge is 2.34. The van der Waals surface area contributed by atoms with Crippen LogP contribution in [0.1, 0.15) is 64.4 Å². The SMILES string of the molecule is CCCC1=CC(c2ccc([N+](=O)[O-])cc2)C(C(=O)N(CC)C(=O)OCCC#N)=C(CCC)N1. The number of likely N-dealkylation sites (N-methyl/N-ethyl adjacent to an activating group) is 1. The van der Waals surface area contributed by atoms with Gasteiger partial charge in [-0.25, -0.2) is 9.69 Å². The van der Waals surface area contributed by atoms with Gasteiger partial charge in [-0.3, -0.25) is 14.9 Å². The second kappa shape index (κ2) is 12.4. The van der Waals surface area contributed by atoms with Crippen LogP contribution in [0.25, 0.3) is 0 Å². The Morgan fingerprint density at radius 1 is 1.18 bits per heavy atom. The number of amides is 2. The van der Waals surface area contributed by atoms with Crippen LogP contribution in [-0.4, -0.2) is 35.0 Å². The summed E-state index contributed by atoms with van der Waals surface area (Å²) in [5.41, 5.74) is 2.82. The van der Waals surface area contributed by atoms with Crippen LogP contribution in [0.3, 0.4) is 0 Å². The number of hydrogen-bond acceptors (Lipinski definition) is 7. The van der Waals surface area contributed by atoms with Crippen LogP contribution in [0.2, 0.25) is 0 Å². The third-order valence-corrected chi connectivity index (χ3v) is 5.25. The minimum atomic E-state index is -0.799. The largest absolute Gasteiger partial charge is 0.448 e. The van der Waals surface area contributed by atoms with Crippen molar-refractivity contribution >= 4 is 17.7 Å². The van der Waals surface area contributed by atoms with E-state index in [0.29, 0.717) is 12.0 Å². The van der Waals surface area contributed by atoms with Crippen LogP contribution < -0.4 is 5.32 Å². The number of allylic oxidation sites excluding steroid dienone is 3. The topological polar surface area (TPSA) is 126 Å². The Hall–Kier alpha value is -3.67. The van der Waals surface area contributed by atoms with E-state index in [1.54, 1.807) is 19.1 Å². The zero-order chi connectivity index (χ0) is 24.4. The monoisotopic (exact) mass is 454 g/mol. The first-order valence-corrected chi connectivity index (χ1v) is 11.2. The third kappa shape index (κ3) is 6.42. The van der Waals surface area contributed by atoms with Crippen LogP contribution in [-0.2, 0) is 9.53 Å². The number of nitrogens with one attached hydrogen (secondary N) is 1. The van der Waals surface area contributed by atoms with Gasteiger partial charge < -0.3 is 10.1 Å². The maximum absolute atomic E-state index is 13.6. The average Bonchev–Trinajstić information content (AvgIpc) is 2.80. The second-order valence-corrected chi connectivity index (χ2v) is 7.61. The standard InChI is InChI=1S/C24H30N4O5/c1-4-8-18-16-20(17-10-12-19(13-11-17)28(31)32)22(21(26-18)9-5-2)23(29)27(6-3)24(30)33-15-7-14-25/h10-13,16,20,26H,4-9,15H2,1-3H3. The lowest BCUT2D eigenvalue weighted by Crippen LogP contribution is -2.41. The Morgan fingerprint density at radius 3 is 2.39 bits per heavy atom. The van der Waals surface area contributed by atoms with Crippen LogP contribution >= 0.6 is 0 Å². The molecule has 0 saturated carbocycles. The molecule has 2 amide bonds. The van der Waals surface area contributed by atoms with Crippen LogP contribution in [0.5, 0.6) is 0 Å². The highest BCUT2D eigenvalue weighted by atomic mass is 16.6. The van der Waals surface area contributed by atoms with Gasteiger partial charge in [0.15, 0.2) is 0 Å². The number of benzene rings is 1. The number of carbonyl (C=O) groups is 2. The molecule has 9 nitrogen and oxygen atoms in total. The van der Waals surface area contributed by atoms with Crippen molar-refractivity contribution in [2.75, 3.05) is 13.2 Å². The van der Waals surface area contributed by atoms with Crippen molar-refractivity contribution in [3.05, 3.63) is 63.0 Å². The number of ether oxygens (including phenoxy) is 1. The summed E-state index contributed by atoms with van der Waals surface area (Å²) in [5, 5.41) is 23.1. The van der Waals surface area contributed by atoms with Gasteiger partial charge in [-0.1, -0.05) is 44.9 Å². The fourth-order valence-corrected chi connectivity index (χ4v) is 3.73. The minimum Gasteiger partial charge on any atom is -0.448 e. The Bertz CT molecular complexity index is 976. The predicted octanol–water partition coefficient (Wildman–Crippen LogP) is 4.92. The molecule has 1 atom stereocenters. The molecule has 0 fully saturated rings. The number of dihydropyridines is 1. The summed E-state index contributed by atoms with van der Waals surface area (Å²) < 4.78 is 5.10. The number of rotatable bonds is 10. The molecule has 1 unspecified atom stereocenters. The normalized spacial score (nSPS) is 15.2. The number of nitro benzene ring substituents is 1. The summed E-state index contributed by atoms with van der Waals surface area (Å²) in [6, 6.07) is 8.02. The van der Waals surface area contributed by atoms with E-state index in [4.69, 9.17) is 10.00 Å². The van der Waals surface area contributed by atoms with Gasteiger partial charge in [0.2, 0.25) is 0 Å². The molecule has 1 aromatic rings. The number of hydrogen-bond donors (Lipinski definition) is 1. The van der Waals surface area contributed by atoms with E-state index in [9.17, 15) is 19.7 Å². The summed E-state index contributed by atoms with van der Waals surface area (Å²) in [4.78, 5) is 37.9. The van der Waals surface area contributed by atoms with Gasteiger partial charge in [0.25, 0.3) is 11.6 Å². The van der Waals surface area contributed by atoms with E-state index >= 15 is 0 Å². The fourth-order valence-electron chi connectivity index (χ4n) is 3.73. The number of non-ortho nitro benzene ring substituents is 1. The maximum atomic E-state index is 13.6. The Labute approximate surface area is 193 Å². The van der Waals surface area contributed by atoms with Crippen molar-refractivity contribution in [2.24, 2.45) is 0 Å². The second-order valence-electron chi connectivity index (χ2n) is 7.61. The Morgan fingerprint density at radius 2 is 1.85 bits per heavy atom. The molecule has 9 heteroatoms. The molecular formula is C24H30N4O5. The molecule has 1 aliphatic heterocycles. The molecule has 0 bridgehead atoms. The van der Waals surface area contributed by atoms with E-state index < -0.39 is 22.8 Å². The van der Waals surface area contributed by atoms with Crippen molar-refractivity contribution in [1.29, 1.82) is 5.26 Å². The molecule has 1 heterocycles. The quantitative estimate of drug-likeness (QED) is 0.302. The number of nitriles is 1. The Balaban J connectivity index is 2.52. The highest BCUT2D eigenvalue weighted by molar-refractivity contribution is 6.04. The van der Waals surface area contributed by atoms with Gasteiger partial charge >= 0.3 is 6.09 Å². The van der Waals surface area contributed by atoms with Crippen molar-refractivity contribution in [2.45, 2.75) is 58.8 Å². The molecule has 0 spiro atoms. The van der Waals surface area contributed by atoms with Crippen LogP contribution in [0.4, 0.5) is 10.5 Å². The van der Waals surface area contributed by atoms with Crippen molar-refractivity contribution in [3.8, 4) is 6.07 Å². The van der Waals surface area contributed by atoms with Crippen molar-refractivity contribution in [1.82, 2.24) is 10.2 Å².